The van der Waals surface area contributed by atoms with Crippen LogP contribution in [0.1, 0.15) is 125 Å². The fourth-order valence-corrected chi connectivity index (χ4v) is 14.1. The number of nitrogens with one attached hydrogen (secondary N) is 2. The highest BCUT2D eigenvalue weighted by molar-refractivity contribution is 5.76. The summed E-state index contributed by atoms with van der Waals surface area (Å²) in [6.07, 6.45) is 11.4. The van der Waals surface area contributed by atoms with E-state index in [0.717, 1.165) is 103 Å². The molecule has 2 amide bonds. The number of hydrogen-bond donors (Lipinski definition) is 3. The zero-order valence-corrected chi connectivity index (χ0v) is 33.4. The molecule has 6 aliphatic carbocycles. The molecule has 1 aliphatic heterocycles. The van der Waals surface area contributed by atoms with Crippen molar-refractivity contribution >= 4 is 18.2 Å². The zero-order chi connectivity index (χ0) is 37.3. The van der Waals surface area contributed by atoms with Gasteiger partial charge in [0.2, 0.25) is 0 Å². The molecular formula is C42H70N4O6. The Morgan fingerprint density at radius 1 is 0.808 bits per heavy atom. The molecule has 1 saturated heterocycles. The summed E-state index contributed by atoms with van der Waals surface area (Å²) in [4.78, 5) is 44.0. The van der Waals surface area contributed by atoms with E-state index in [-0.39, 0.29) is 63.8 Å². The van der Waals surface area contributed by atoms with Gasteiger partial charge in [0.05, 0.1) is 5.41 Å². The van der Waals surface area contributed by atoms with Crippen molar-refractivity contribution in [1.82, 2.24) is 20.4 Å². The average molecular weight is 727 g/mol. The minimum absolute atomic E-state index is 0.00218. The Kier molecular flexibility index (Phi) is 10.2. The number of carboxylic acid groups (broad SMARTS) is 1. The van der Waals surface area contributed by atoms with Crippen LogP contribution < -0.4 is 10.6 Å². The normalized spacial score (nSPS) is 43.5. The van der Waals surface area contributed by atoms with Crippen LogP contribution in [0.4, 0.5) is 9.59 Å². The number of rotatable bonds is 9. The van der Waals surface area contributed by atoms with Gasteiger partial charge < -0.3 is 35.0 Å². The molecule has 0 aromatic carbocycles. The Bertz CT molecular complexity index is 1360. The summed E-state index contributed by atoms with van der Waals surface area (Å²) in [5.74, 6) is 0.664. The third-order valence-electron chi connectivity index (χ3n) is 17.4. The minimum atomic E-state index is -0.742. The molecule has 1 heterocycles. The molecule has 0 aromatic rings. The van der Waals surface area contributed by atoms with Crippen LogP contribution in [0.2, 0.25) is 0 Å². The lowest BCUT2D eigenvalue weighted by molar-refractivity contribution is -0.250. The fraction of sp³-hybridized carbons (Fsp3) is 0.929. The smallest absolute Gasteiger partial charge is 0.407 e. The van der Waals surface area contributed by atoms with E-state index < -0.39 is 11.4 Å². The largest absolute Gasteiger partial charge is 0.481 e. The van der Waals surface area contributed by atoms with Gasteiger partial charge in [-0.3, -0.25) is 4.79 Å². The van der Waals surface area contributed by atoms with E-state index in [2.05, 4.69) is 62.1 Å². The van der Waals surface area contributed by atoms with Crippen molar-refractivity contribution in [3.63, 3.8) is 0 Å². The Labute approximate surface area is 313 Å². The van der Waals surface area contributed by atoms with Gasteiger partial charge in [0.15, 0.2) is 0 Å². The molecular weight excluding hydrogens is 656 g/mol. The number of hydrogen-bond acceptors (Lipinski definition) is 7. The summed E-state index contributed by atoms with van der Waals surface area (Å²) >= 11 is 0. The molecule has 0 aromatic heterocycles. The number of amides is 2. The SMILES string of the molecule is C[C@H](OC(=O)NCCCN1CCN(C)CC1)[C@@H]1CC[C@]2(C(=O)O)CC[C@]3(C)C(CCC4[C@@]5(C)CC[C@@H](OC(=O)NC6CC6)C(C)(C)C5CC[C@]43C)C12. The standard InChI is InChI=1S/C42H70N4O6/c1-27(51-36(49)43-21-8-22-46-25-23-45(7)24-26-46)29-13-18-42(35(47)48)20-19-40(5)30(34(29)42)11-12-32-39(4)16-15-33(52-37(50)44-28-9-10-28)38(2,3)31(39)14-17-41(32,40)6/h27-34H,8-26H2,1-7H3,(H,43,49)(H,44,50)(H,47,48)/t27-,29-,30?,31?,32?,33+,34?,39-,40+,41+,42-/m0/s1. The van der Waals surface area contributed by atoms with E-state index >= 15 is 0 Å². The van der Waals surface area contributed by atoms with Crippen LogP contribution in [0.5, 0.6) is 0 Å². The number of carbonyl (C=O) groups is 3. The number of carbonyl (C=O) groups excluding carboxylic acids is 2. The zero-order valence-electron chi connectivity index (χ0n) is 33.4. The second-order valence-corrected chi connectivity index (χ2v) is 20.1. The number of fused-ring (bicyclic) bond motifs is 7. The third kappa shape index (κ3) is 6.35. The van der Waals surface area contributed by atoms with Crippen molar-refractivity contribution in [3.05, 3.63) is 0 Å². The van der Waals surface area contributed by atoms with Crippen LogP contribution in [0.15, 0.2) is 0 Å². The van der Waals surface area contributed by atoms with Gasteiger partial charge in [-0.05, 0) is 150 Å². The predicted octanol–water partition coefficient (Wildman–Crippen LogP) is 7.16. The highest BCUT2D eigenvalue weighted by atomic mass is 16.6. The first-order chi connectivity index (χ1) is 24.5. The van der Waals surface area contributed by atoms with Crippen LogP contribution >= 0.6 is 0 Å². The summed E-state index contributed by atoms with van der Waals surface area (Å²) < 4.78 is 12.3. The molecule has 0 radical (unpaired) electrons. The summed E-state index contributed by atoms with van der Waals surface area (Å²) in [5, 5.41) is 17.0. The van der Waals surface area contributed by atoms with E-state index in [4.69, 9.17) is 9.47 Å². The van der Waals surface area contributed by atoms with E-state index in [9.17, 15) is 19.5 Å². The molecule has 7 rings (SSSR count). The minimum Gasteiger partial charge on any atom is -0.481 e. The van der Waals surface area contributed by atoms with Crippen molar-refractivity contribution in [1.29, 1.82) is 0 Å². The Balaban J connectivity index is 1.04. The highest BCUT2D eigenvalue weighted by Gasteiger charge is 2.72. The lowest BCUT2D eigenvalue weighted by atomic mass is 9.32. The van der Waals surface area contributed by atoms with Crippen LogP contribution in [0, 0.1) is 56.7 Å². The summed E-state index contributed by atoms with van der Waals surface area (Å²) in [6, 6.07) is 0.291. The van der Waals surface area contributed by atoms with Gasteiger partial charge in [0.1, 0.15) is 12.2 Å². The molecule has 0 bridgehead atoms. The second kappa shape index (κ2) is 13.9. The number of alkyl carbamates (subject to hydrolysis) is 2. The van der Waals surface area contributed by atoms with Crippen LogP contribution in [0.25, 0.3) is 0 Å². The van der Waals surface area contributed by atoms with Crippen molar-refractivity contribution in [3.8, 4) is 0 Å². The van der Waals surface area contributed by atoms with Crippen molar-refractivity contribution in [2.24, 2.45) is 56.7 Å². The quantitative estimate of drug-likeness (QED) is 0.214. The maximum Gasteiger partial charge on any atom is 0.407 e. The monoisotopic (exact) mass is 727 g/mol. The third-order valence-corrected chi connectivity index (χ3v) is 17.4. The molecule has 7 fully saturated rings. The number of nitrogens with zero attached hydrogens (tertiary/aromatic N) is 2. The molecule has 6 saturated carbocycles. The fourth-order valence-electron chi connectivity index (χ4n) is 14.1. The maximum absolute atomic E-state index is 13.3. The van der Waals surface area contributed by atoms with Gasteiger partial charge in [-0.1, -0.05) is 34.6 Å². The number of piperazine rings is 1. The Morgan fingerprint density at radius 2 is 1.54 bits per heavy atom. The van der Waals surface area contributed by atoms with Crippen LogP contribution in [-0.2, 0) is 14.3 Å². The molecule has 7 aliphatic rings. The van der Waals surface area contributed by atoms with Crippen molar-refractivity contribution in [2.45, 2.75) is 143 Å². The number of carboxylic acids is 1. The topological polar surface area (TPSA) is 120 Å². The average Bonchev–Trinajstić information content (AvgIpc) is 3.80. The van der Waals surface area contributed by atoms with Crippen LogP contribution in [-0.4, -0.2) is 97.6 Å². The van der Waals surface area contributed by atoms with Gasteiger partial charge in [-0.25, -0.2) is 9.59 Å². The van der Waals surface area contributed by atoms with E-state index in [1.54, 1.807) is 0 Å². The number of aliphatic carboxylic acids is 1. The predicted molar refractivity (Wildman–Crippen MR) is 201 cm³/mol. The van der Waals surface area contributed by atoms with Crippen molar-refractivity contribution < 1.29 is 29.0 Å². The summed E-state index contributed by atoms with van der Waals surface area (Å²) in [5.41, 5.74) is -0.645. The van der Waals surface area contributed by atoms with Crippen LogP contribution in [0.3, 0.4) is 0 Å². The first-order valence-corrected chi connectivity index (χ1v) is 21.1. The summed E-state index contributed by atoms with van der Waals surface area (Å²) in [6.45, 7) is 20.2. The number of likely N-dealkylation sites (N-methyl/N-ethyl adjacent to an activating group) is 1. The van der Waals surface area contributed by atoms with E-state index in [1.807, 2.05) is 6.92 Å². The number of ether oxygens (including phenoxy) is 2. The van der Waals surface area contributed by atoms with Crippen molar-refractivity contribution in [2.75, 3.05) is 46.3 Å². The molecule has 4 unspecified atom stereocenters. The van der Waals surface area contributed by atoms with E-state index in [1.165, 1.54) is 0 Å². The molecule has 3 N–H and O–H groups in total. The molecule has 0 spiro atoms. The van der Waals surface area contributed by atoms with E-state index in [0.29, 0.717) is 37.3 Å². The second-order valence-electron chi connectivity index (χ2n) is 20.1. The Hall–Kier alpha value is -2.07. The first-order valence-electron chi connectivity index (χ1n) is 21.1. The molecule has 10 nitrogen and oxygen atoms in total. The highest BCUT2D eigenvalue weighted by Crippen LogP contribution is 2.77. The molecule has 294 valence electrons. The van der Waals surface area contributed by atoms with Gasteiger partial charge in [0, 0.05) is 44.2 Å². The first kappa shape index (κ1) is 38.2. The lowest BCUT2D eigenvalue weighted by Gasteiger charge is -2.72. The molecule has 52 heavy (non-hydrogen) atoms. The molecule has 10 heteroatoms. The van der Waals surface area contributed by atoms with Gasteiger partial charge in [0.25, 0.3) is 0 Å². The van der Waals surface area contributed by atoms with Gasteiger partial charge in [-0.2, -0.15) is 0 Å². The van der Waals surface area contributed by atoms with Gasteiger partial charge >= 0.3 is 18.2 Å². The molecule has 11 atom stereocenters. The van der Waals surface area contributed by atoms with Gasteiger partial charge in [-0.15, -0.1) is 0 Å². The maximum atomic E-state index is 13.3. The summed E-state index contributed by atoms with van der Waals surface area (Å²) in [7, 11) is 2.16. The lowest BCUT2D eigenvalue weighted by Crippen LogP contribution is -2.67. The Morgan fingerprint density at radius 3 is 2.23 bits per heavy atom.